The summed E-state index contributed by atoms with van der Waals surface area (Å²) in [5.41, 5.74) is 6.01. The van der Waals surface area contributed by atoms with Crippen molar-refractivity contribution >= 4 is 22.9 Å². The van der Waals surface area contributed by atoms with Gasteiger partial charge in [0, 0.05) is 0 Å². The van der Waals surface area contributed by atoms with Crippen LogP contribution in [0.25, 0.3) is 22.6 Å². The molecule has 2 amide bonds. The number of para-hydroxylation sites is 2. The molecule has 0 aliphatic rings. The number of benzene rings is 1. The SMILES string of the molecule is CCOc1ccccc1OCC(=O)NNC(=O)c1cc(-c2ccco2)nc2onc(C)c12. The van der Waals surface area contributed by atoms with E-state index < -0.39 is 11.8 Å². The van der Waals surface area contributed by atoms with Gasteiger partial charge in [-0.15, -0.1) is 0 Å². The largest absolute Gasteiger partial charge is 0.490 e. The van der Waals surface area contributed by atoms with E-state index in [1.165, 1.54) is 6.26 Å². The van der Waals surface area contributed by atoms with Crippen LogP contribution in [0.2, 0.25) is 0 Å². The number of nitrogens with zero attached hydrogens (tertiary/aromatic N) is 2. The monoisotopic (exact) mass is 436 g/mol. The van der Waals surface area contributed by atoms with Gasteiger partial charge < -0.3 is 18.4 Å². The average Bonchev–Trinajstić information content (AvgIpc) is 3.47. The minimum atomic E-state index is -0.570. The fourth-order valence-electron chi connectivity index (χ4n) is 3.04. The van der Waals surface area contributed by atoms with Crippen molar-refractivity contribution in [3.8, 4) is 23.0 Å². The summed E-state index contributed by atoms with van der Waals surface area (Å²) in [7, 11) is 0. The van der Waals surface area contributed by atoms with Crippen LogP contribution < -0.4 is 20.3 Å². The number of pyridine rings is 1. The Morgan fingerprint density at radius 3 is 2.56 bits per heavy atom. The standard InChI is InChI=1S/C22H20N4O6/c1-3-29-17-7-4-5-8-18(17)31-12-19(27)24-25-21(28)14-11-15(16-9-6-10-30-16)23-22-20(14)13(2)26-32-22/h4-11H,3,12H2,1-2H3,(H,24,27)(H,25,28). The fraction of sp³-hybridized carbons (Fsp3) is 0.182. The molecule has 1 aromatic carbocycles. The van der Waals surface area contributed by atoms with Crippen LogP contribution >= 0.6 is 0 Å². The molecule has 4 aromatic rings. The summed E-state index contributed by atoms with van der Waals surface area (Å²) in [6.45, 7) is 3.69. The smallest absolute Gasteiger partial charge is 0.276 e. The van der Waals surface area contributed by atoms with Crippen LogP contribution in [0.4, 0.5) is 0 Å². The molecule has 0 spiro atoms. The number of hydrogen-bond acceptors (Lipinski definition) is 8. The second kappa shape index (κ2) is 9.21. The fourth-order valence-corrected chi connectivity index (χ4v) is 3.04. The van der Waals surface area contributed by atoms with Crippen molar-refractivity contribution < 1.29 is 28.0 Å². The van der Waals surface area contributed by atoms with Crippen molar-refractivity contribution in [2.45, 2.75) is 13.8 Å². The van der Waals surface area contributed by atoms with Gasteiger partial charge in [0.1, 0.15) is 5.69 Å². The van der Waals surface area contributed by atoms with Gasteiger partial charge in [0.2, 0.25) is 0 Å². The number of amides is 2. The van der Waals surface area contributed by atoms with E-state index in [9.17, 15) is 9.59 Å². The van der Waals surface area contributed by atoms with Crippen molar-refractivity contribution in [2.75, 3.05) is 13.2 Å². The van der Waals surface area contributed by atoms with Gasteiger partial charge in [-0.3, -0.25) is 20.4 Å². The van der Waals surface area contributed by atoms with E-state index in [0.717, 1.165) is 0 Å². The Kier molecular flexibility index (Phi) is 6.02. The average molecular weight is 436 g/mol. The lowest BCUT2D eigenvalue weighted by molar-refractivity contribution is -0.123. The summed E-state index contributed by atoms with van der Waals surface area (Å²) in [4.78, 5) is 29.4. The van der Waals surface area contributed by atoms with E-state index in [0.29, 0.717) is 40.6 Å². The van der Waals surface area contributed by atoms with Gasteiger partial charge in [0.15, 0.2) is 23.9 Å². The number of aryl methyl sites for hydroxylation is 1. The van der Waals surface area contributed by atoms with E-state index in [-0.39, 0.29) is 17.9 Å². The van der Waals surface area contributed by atoms with Crippen molar-refractivity contribution in [1.29, 1.82) is 0 Å². The third-order valence-corrected chi connectivity index (χ3v) is 4.46. The number of furan rings is 1. The van der Waals surface area contributed by atoms with Crippen molar-refractivity contribution in [2.24, 2.45) is 0 Å². The number of rotatable bonds is 7. The first-order valence-electron chi connectivity index (χ1n) is 9.81. The molecule has 0 fully saturated rings. The quantitative estimate of drug-likeness (QED) is 0.423. The number of aromatic nitrogens is 2. The number of nitrogens with one attached hydrogen (secondary N) is 2. The molecule has 0 radical (unpaired) electrons. The first-order chi connectivity index (χ1) is 15.6. The summed E-state index contributed by atoms with van der Waals surface area (Å²) in [6.07, 6.45) is 1.50. The van der Waals surface area contributed by atoms with Crippen LogP contribution in [0.5, 0.6) is 11.5 Å². The molecular formula is C22H20N4O6. The number of hydrazine groups is 1. The maximum Gasteiger partial charge on any atom is 0.276 e. The molecule has 0 unspecified atom stereocenters. The first-order valence-corrected chi connectivity index (χ1v) is 9.81. The highest BCUT2D eigenvalue weighted by Gasteiger charge is 2.20. The zero-order valence-electron chi connectivity index (χ0n) is 17.4. The zero-order valence-corrected chi connectivity index (χ0v) is 17.4. The predicted octanol–water partition coefficient (Wildman–Crippen LogP) is 3.03. The second-order valence-electron chi connectivity index (χ2n) is 6.65. The lowest BCUT2D eigenvalue weighted by Gasteiger charge is -2.12. The molecule has 10 heteroatoms. The Bertz CT molecular complexity index is 1250. The zero-order chi connectivity index (χ0) is 22.5. The molecule has 0 bridgehead atoms. The van der Waals surface area contributed by atoms with Crippen LogP contribution in [0.3, 0.4) is 0 Å². The third kappa shape index (κ3) is 4.38. The molecule has 164 valence electrons. The number of carbonyl (C=O) groups is 2. The van der Waals surface area contributed by atoms with Crippen molar-refractivity contribution in [3.05, 3.63) is 60.0 Å². The van der Waals surface area contributed by atoms with Gasteiger partial charge in [-0.25, -0.2) is 4.98 Å². The Morgan fingerprint density at radius 1 is 1.06 bits per heavy atom. The number of hydrogen-bond donors (Lipinski definition) is 2. The minimum Gasteiger partial charge on any atom is -0.490 e. The van der Waals surface area contributed by atoms with Crippen LogP contribution in [0, 0.1) is 6.92 Å². The first kappa shape index (κ1) is 20.9. The Hall–Kier alpha value is -4.34. The summed E-state index contributed by atoms with van der Waals surface area (Å²) in [6, 6.07) is 12.0. The predicted molar refractivity (Wildman–Crippen MR) is 113 cm³/mol. The molecule has 0 saturated carbocycles. The molecule has 2 N–H and O–H groups in total. The van der Waals surface area contributed by atoms with E-state index >= 15 is 0 Å². The summed E-state index contributed by atoms with van der Waals surface area (Å²) in [5, 5.41) is 4.31. The Labute approximate surface area is 182 Å². The molecule has 10 nitrogen and oxygen atoms in total. The summed E-state index contributed by atoms with van der Waals surface area (Å²) in [5.74, 6) is 0.289. The molecule has 4 rings (SSSR count). The van der Waals surface area contributed by atoms with Crippen molar-refractivity contribution in [3.63, 3.8) is 0 Å². The molecule has 0 aliphatic heterocycles. The number of carbonyl (C=O) groups excluding carboxylic acids is 2. The molecule has 3 aromatic heterocycles. The summed E-state index contributed by atoms with van der Waals surface area (Å²) < 4.78 is 21.5. The molecule has 0 atom stereocenters. The van der Waals surface area contributed by atoms with Gasteiger partial charge in [-0.05, 0) is 44.2 Å². The molecular weight excluding hydrogens is 416 g/mol. The number of fused-ring (bicyclic) bond motifs is 1. The normalized spacial score (nSPS) is 10.7. The van der Waals surface area contributed by atoms with E-state index in [1.54, 1.807) is 49.4 Å². The van der Waals surface area contributed by atoms with Gasteiger partial charge in [-0.1, -0.05) is 17.3 Å². The minimum absolute atomic E-state index is 0.184. The second-order valence-corrected chi connectivity index (χ2v) is 6.65. The topological polar surface area (TPSA) is 129 Å². The highest BCUT2D eigenvalue weighted by Crippen LogP contribution is 2.27. The molecule has 0 saturated heterocycles. The maximum atomic E-state index is 12.8. The van der Waals surface area contributed by atoms with Crippen LogP contribution in [0.15, 0.2) is 57.7 Å². The highest BCUT2D eigenvalue weighted by molar-refractivity contribution is 6.07. The third-order valence-electron chi connectivity index (χ3n) is 4.46. The molecule has 32 heavy (non-hydrogen) atoms. The lowest BCUT2D eigenvalue weighted by atomic mass is 10.1. The lowest BCUT2D eigenvalue weighted by Crippen LogP contribution is -2.44. The van der Waals surface area contributed by atoms with Crippen LogP contribution in [0.1, 0.15) is 23.0 Å². The van der Waals surface area contributed by atoms with Crippen LogP contribution in [-0.2, 0) is 4.79 Å². The number of ether oxygens (including phenoxy) is 2. The molecule has 3 heterocycles. The van der Waals surface area contributed by atoms with E-state index in [1.807, 2.05) is 6.92 Å². The summed E-state index contributed by atoms with van der Waals surface area (Å²) >= 11 is 0. The van der Waals surface area contributed by atoms with Gasteiger partial charge in [-0.2, -0.15) is 0 Å². The Morgan fingerprint density at radius 2 is 1.84 bits per heavy atom. The van der Waals surface area contributed by atoms with Crippen molar-refractivity contribution in [1.82, 2.24) is 21.0 Å². The van der Waals surface area contributed by atoms with Gasteiger partial charge in [0.05, 0.1) is 29.5 Å². The molecule has 0 aliphatic carbocycles. The Balaban J connectivity index is 1.45. The van der Waals surface area contributed by atoms with Gasteiger partial charge >= 0.3 is 0 Å². The van der Waals surface area contributed by atoms with Crippen LogP contribution in [-0.4, -0.2) is 35.2 Å². The highest BCUT2D eigenvalue weighted by atomic mass is 16.5. The van der Waals surface area contributed by atoms with E-state index in [2.05, 4.69) is 21.0 Å². The van der Waals surface area contributed by atoms with Gasteiger partial charge in [0.25, 0.3) is 17.5 Å². The van der Waals surface area contributed by atoms with E-state index in [4.69, 9.17) is 18.4 Å². The maximum absolute atomic E-state index is 12.8.